The maximum Gasteiger partial charge on any atom is 0.262 e. The van der Waals surface area contributed by atoms with Gasteiger partial charge in [0.25, 0.3) is 5.91 Å². The van der Waals surface area contributed by atoms with Gasteiger partial charge < -0.3 is 8.98 Å². The topological polar surface area (TPSA) is 89.2 Å². The predicted molar refractivity (Wildman–Crippen MR) is 93.1 cm³/mol. The standard InChI is InChI=1S/C18H18N4O3/c1-22-15-7-3-2-6-14(15)19-16(22)9-11-18(24)21-20-17(23)10-8-13-5-4-12-25-13/h2-8,10,12H,9,11H2,1H3,(H,20,23)(H,21,24). The van der Waals surface area contributed by atoms with E-state index in [0.717, 1.165) is 16.9 Å². The van der Waals surface area contributed by atoms with Crippen LogP contribution in [0.3, 0.4) is 0 Å². The first kappa shape index (κ1) is 16.5. The molecule has 0 bridgehead atoms. The number of hydrogen-bond donors (Lipinski definition) is 2. The van der Waals surface area contributed by atoms with Crippen LogP contribution in [0.1, 0.15) is 18.0 Å². The lowest BCUT2D eigenvalue weighted by Gasteiger charge is -2.05. The number of aromatic nitrogens is 2. The van der Waals surface area contributed by atoms with Crippen molar-refractivity contribution in [3.05, 3.63) is 60.3 Å². The number of fused-ring (bicyclic) bond motifs is 1. The van der Waals surface area contributed by atoms with E-state index in [1.165, 1.54) is 18.4 Å². The molecule has 2 amide bonds. The molecule has 2 aromatic heterocycles. The second-order valence-electron chi connectivity index (χ2n) is 5.46. The lowest BCUT2D eigenvalue weighted by atomic mass is 10.3. The molecule has 128 valence electrons. The van der Waals surface area contributed by atoms with Gasteiger partial charge in [0.15, 0.2) is 0 Å². The third-order valence-electron chi connectivity index (χ3n) is 3.72. The summed E-state index contributed by atoms with van der Waals surface area (Å²) in [5.41, 5.74) is 6.63. The largest absolute Gasteiger partial charge is 0.465 e. The van der Waals surface area contributed by atoms with Gasteiger partial charge in [0.2, 0.25) is 5.91 Å². The lowest BCUT2D eigenvalue weighted by molar-refractivity contribution is -0.126. The highest BCUT2D eigenvalue weighted by molar-refractivity contribution is 5.92. The Labute approximate surface area is 144 Å². The fraction of sp³-hybridized carbons (Fsp3) is 0.167. The third-order valence-corrected chi connectivity index (χ3v) is 3.72. The summed E-state index contributed by atoms with van der Waals surface area (Å²) in [6, 6.07) is 11.2. The van der Waals surface area contributed by atoms with Crippen LogP contribution in [-0.4, -0.2) is 21.4 Å². The summed E-state index contributed by atoms with van der Waals surface area (Å²) < 4.78 is 7.04. The molecular formula is C18H18N4O3. The van der Waals surface area contributed by atoms with Gasteiger partial charge in [-0.1, -0.05) is 12.1 Å². The Morgan fingerprint density at radius 3 is 2.80 bits per heavy atom. The Bertz CT molecular complexity index is 910. The van der Waals surface area contributed by atoms with Gasteiger partial charge >= 0.3 is 0 Å². The van der Waals surface area contributed by atoms with Crippen LogP contribution < -0.4 is 10.9 Å². The Morgan fingerprint density at radius 1 is 1.20 bits per heavy atom. The van der Waals surface area contributed by atoms with E-state index < -0.39 is 5.91 Å². The van der Waals surface area contributed by atoms with Gasteiger partial charge in [-0.05, 0) is 30.3 Å². The van der Waals surface area contributed by atoms with Crippen molar-refractivity contribution in [2.24, 2.45) is 7.05 Å². The van der Waals surface area contributed by atoms with E-state index in [1.807, 2.05) is 35.9 Å². The molecule has 0 aliphatic heterocycles. The van der Waals surface area contributed by atoms with Gasteiger partial charge in [-0.2, -0.15) is 0 Å². The van der Waals surface area contributed by atoms with Gasteiger partial charge in [-0.25, -0.2) is 4.98 Å². The smallest absolute Gasteiger partial charge is 0.262 e. The number of hydrazine groups is 1. The van der Waals surface area contributed by atoms with E-state index in [9.17, 15) is 9.59 Å². The second-order valence-corrected chi connectivity index (χ2v) is 5.46. The molecular weight excluding hydrogens is 320 g/mol. The SMILES string of the molecule is Cn1c(CCC(=O)NNC(=O)C=Cc2ccco2)nc2ccccc21. The quantitative estimate of drug-likeness (QED) is 0.550. The fourth-order valence-corrected chi connectivity index (χ4v) is 2.42. The molecule has 0 radical (unpaired) electrons. The van der Waals surface area contributed by atoms with Crippen molar-refractivity contribution in [1.29, 1.82) is 0 Å². The molecule has 0 fully saturated rings. The van der Waals surface area contributed by atoms with Crippen molar-refractivity contribution >= 4 is 28.9 Å². The summed E-state index contributed by atoms with van der Waals surface area (Å²) in [6.07, 6.45) is 5.01. The second kappa shape index (κ2) is 7.48. The number of rotatable bonds is 5. The number of nitrogens with zero attached hydrogens (tertiary/aromatic N) is 2. The molecule has 0 saturated carbocycles. The lowest BCUT2D eigenvalue weighted by Crippen LogP contribution is -2.40. The first-order valence-electron chi connectivity index (χ1n) is 7.84. The monoisotopic (exact) mass is 338 g/mol. The Morgan fingerprint density at radius 2 is 2.04 bits per heavy atom. The van der Waals surface area contributed by atoms with Crippen LogP contribution in [0.15, 0.2) is 53.2 Å². The zero-order valence-corrected chi connectivity index (χ0v) is 13.7. The van der Waals surface area contributed by atoms with E-state index >= 15 is 0 Å². The molecule has 0 unspecified atom stereocenters. The minimum absolute atomic E-state index is 0.222. The third kappa shape index (κ3) is 4.14. The van der Waals surface area contributed by atoms with Crippen LogP contribution in [0.2, 0.25) is 0 Å². The van der Waals surface area contributed by atoms with E-state index in [2.05, 4.69) is 15.8 Å². The van der Waals surface area contributed by atoms with Crippen LogP contribution in [0.25, 0.3) is 17.1 Å². The molecule has 0 aliphatic carbocycles. The van der Waals surface area contributed by atoms with Crippen LogP contribution in [-0.2, 0) is 23.1 Å². The number of benzene rings is 1. The summed E-state index contributed by atoms with van der Waals surface area (Å²) in [6.45, 7) is 0. The van der Waals surface area contributed by atoms with Crippen molar-refractivity contribution < 1.29 is 14.0 Å². The number of hydrogen-bond acceptors (Lipinski definition) is 4. The molecule has 3 aromatic rings. The molecule has 7 nitrogen and oxygen atoms in total. The molecule has 0 atom stereocenters. The summed E-state index contributed by atoms with van der Waals surface area (Å²) in [5.74, 6) is 0.656. The van der Waals surface area contributed by atoms with Crippen LogP contribution in [0.5, 0.6) is 0 Å². The normalized spacial score (nSPS) is 11.1. The average Bonchev–Trinajstić information content (AvgIpc) is 3.25. The van der Waals surface area contributed by atoms with Crippen molar-refractivity contribution in [2.45, 2.75) is 12.8 Å². The molecule has 7 heteroatoms. The number of furan rings is 1. The number of aryl methyl sites for hydroxylation is 2. The summed E-state index contributed by atoms with van der Waals surface area (Å²) in [4.78, 5) is 28.0. The van der Waals surface area contributed by atoms with Gasteiger partial charge in [-0.3, -0.25) is 20.4 Å². The van der Waals surface area contributed by atoms with E-state index in [0.29, 0.717) is 12.2 Å². The van der Waals surface area contributed by atoms with Gasteiger partial charge in [0.1, 0.15) is 11.6 Å². The molecule has 2 N–H and O–H groups in total. The number of amides is 2. The zero-order chi connectivity index (χ0) is 17.6. The minimum atomic E-state index is -0.438. The highest BCUT2D eigenvalue weighted by Gasteiger charge is 2.09. The number of carbonyl (C=O) groups excluding carboxylic acids is 2. The Hall–Kier alpha value is -3.35. The zero-order valence-electron chi connectivity index (χ0n) is 13.7. The van der Waals surface area contributed by atoms with E-state index in [1.54, 1.807) is 12.1 Å². The van der Waals surface area contributed by atoms with Crippen LogP contribution >= 0.6 is 0 Å². The maximum atomic E-state index is 11.9. The summed E-state index contributed by atoms with van der Waals surface area (Å²) >= 11 is 0. The van der Waals surface area contributed by atoms with Crippen LogP contribution in [0, 0.1) is 0 Å². The highest BCUT2D eigenvalue weighted by Crippen LogP contribution is 2.15. The molecule has 0 spiro atoms. The van der Waals surface area contributed by atoms with Gasteiger partial charge in [-0.15, -0.1) is 0 Å². The molecule has 1 aromatic carbocycles. The number of para-hydroxylation sites is 2. The van der Waals surface area contributed by atoms with E-state index in [-0.39, 0.29) is 12.3 Å². The summed E-state index contributed by atoms with van der Waals surface area (Å²) in [7, 11) is 1.92. The molecule has 0 aliphatic rings. The first-order valence-corrected chi connectivity index (χ1v) is 7.84. The molecule has 2 heterocycles. The number of nitrogens with one attached hydrogen (secondary N) is 2. The molecule has 3 rings (SSSR count). The van der Waals surface area contributed by atoms with Crippen LogP contribution in [0.4, 0.5) is 0 Å². The molecule has 0 saturated heterocycles. The van der Waals surface area contributed by atoms with E-state index in [4.69, 9.17) is 4.42 Å². The maximum absolute atomic E-state index is 11.9. The fourth-order valence-electron chi connectivity index (χ4n) is 2.42. The Balaban J connectivity index is 1.47. The van der Waals surface area contributed by atoms with Gasteiger partial charge in [0, 0.05) is 26.0 Å². The average molecular weight is 338 g/mol. The van der Waals surface area contributed by atoms with Crippen molar-refractivity contribution in [3.63, 3.8) is 0 Å². The molecule has 25 heavy (non-hydrogen) atoms. The predicted octanol–water partition coefficient (Wildman–Crippen LogP) is 1.96. The van der Waals surface area contributed by atoms with Crippen molar-refractivity contribution in [3.8, 4) is 0 Å². The van der Waals surface area contributed by atoms with Crippen molar-refractivity contribution in [1.82, 2.24) is 20.4 Å². The number of imidazole rings is 1. The Kier molecular flexibility index (Phi) is 4.94. The summed E-state index contributed by atoms with van der Waals surface area (Å²) in [5, 5.41) is 0. The van der Waals surface area contributed by atoms with Crippen molar-refractivity contribution in [2.75, 3.05) is 0 Å². The van der Waals surface area contributed by atoms with Gasteiger partial charge in [0.05, 0.1) is 17.3 Å². The highest BCUT2D eigenvalue weighted by atomic mass is 16.3. The minimum Gasteiger partial charge on any atom is -0.465 e. The first-order chi connectivity index (χ1) is 12.1. The number of carbonyl (C=O) groups is 2.